The van der Waals surface area contributed by atoms with Crippen LogP contribution in [0.1, 0.15) is 24.8 Å². The lowest BCUT2D eigenvalue weighted by Crippen LogP contribution is -2.36. The van der Waals surface area contributed by atoms with Crippen LogP contribution in [0.25, 0.3) is 22.3 Å². The number of nitrogens with one attached hydrogen (secondary N) is 1. The molecule has 1 unspecified atom stereocenters. The van der Waals surface area contributed by atoms with E-state index >= 15 is 0 Å². The van der Waals surface area contributed by atoms with Gasteiger partial charge in [0, 0.05) is 55.6 Å². The molecule has 3 N–H and O–H groups in total. The SMILES string of the molecule is NC1CCCN(c2ncc(C(F)(F)F)c(-c3c[nH]c4nc(N5CCOCC5)ccc34)n2)CC1. The minimum Gasteiger partial charge on any atom is -0.378 e. The first-order valence-corrected chi connectivity index (χ1v) is 11.2. The molecular formula is C22H26F3N7O. The van der Waals surface area contributed by atoms with Gasteiger partial charge in [-0.1, -0.05) is 0 Å². The number of pyridine rings is 1. The average Bonchev–Trinajstić information content (AvgIpc) is 3.11. The van der Waals surface area contributed by atoms with Gasteiger partial charge in [0.25, 0.3) is 0 Å². The monoisotopic (exact) mass is 461 g/mol. The molecule has 1 atom stereocenters. The highest BCUT2D eigenvalue weighted by atomic mass is 19.4. The number of fused-ring (bicyclic) bond motifs is 1. The summed E-state index contributed by atoms with van der Waals surface area (Å²) in [4.78, 5) is 20.2. The Balaban J connectivity index is 1.55. The number of rotatable bonds is 3. The summed E-state index contributed by atoms with van der Waals surface area (Å²) < 4.78 is 47.0. The van der Waals surface area contributed by atoms with E-state index in [1.165, 1.54) is 0 Å². The Morgan fingerprint density at radius 2 is 1.85 bits per heavy atom. The van der Waals surface area contributed by atoms with E-state index in [-0.39, 0.29) is 11.7 Å². The average molecular weight is 461 g/mol. The standard InChI is InChI=1S/C22H26F3N7O/c23-22(24,25)17-13-28-21(32-6-1-2-14(26)5-7-32)30-19(17)16-12-27-20-15(16)3-4-18(29-20)31-8-10-33-11-9-31/h3-4,12-14H,1-2,5-11,26H2,(H,27,29). The molecule has 2 aliphatic rings. The fourth-order valence-corrected chi connectivity index (χ4v) is 4.42. The van der Waals surface area contributed by atoms with E-state index in [9.17, 15) is 13.2 Å². The molecule has 3 aromatic heterocycles. The number of aromatic amines is 1. The van der Waals surface area contributed by atoms with Crippen LogP contribution in [0.15, 0.2) is 24.5 Å². The van der Waals surface area contributed by atoms with Gasteiger partial charge in [0.15, 0.2) is 0 Å². The van der Waals surface area contributed by atoms with E-state index in [2.05, 4.69) is 24.8 Å². The molecule has 8 nitrogen and oxygen atoms in total. The van der Waals surface area contributed by atoms with Crippen molar-refractivity contribution >= 4 is 22.8 Å². The summed E-state index contributed by atoms with van der Waals surface area (Å²) in [5, 5.41) is 0.583. The highest BCUT2D eigenvalue weighted by Crippen LogP contribution is 2.39. The number of anilines is 2. The van der Waals surface area contributed by atoms with Gasteiger partial charge in [0.2, 0.25) is 5.95 Å². The summed E-state index contributed by atoms with van der Waals surface area (Å²) >= 11 is 0. The molecule has 2 saturated heterocycles. The second-order valence-electron chi connectivity index (χ2n) is 8.48. The molecule has 0 radical (unpaired) electrons. The van der Waals surface area contributed by atoms with Crippen LogP contribution in [-0.4, -0.2) is 65.4 Å². The Morgan fingerprint density at radius 3 is 2.64 bits per heavy atom. The third kappa shape index (κ3) is 4.47. The molecule has 11 heteroatoms. The summed E-state index contributed by atoms with van der Waals surface area (Å²) in [5.41, 5.74) is 5.92. The molecule has 176 valence electrons. The molecule has 0 aliphatic carbocycles. The van der Waals surface area contributed by atoms with E-state index in [4.69, 9.17) is 10.5 Å². The topological polar surface area (TPSA) is 96.2 Å². The van der Waals surface area contributed by atoms with Gasteiger partial charge in [-0.2, -0.15) is 13.2 Å². The zero-order chi connectivity index (χ0) is 23.0. The number of nitrogens with two attached hydrogens (primary N) is 1. The van der Waals surface area contributed by atoms with Gasteiger partial charge in [0.05, 0.1) is 18.9 Å². The van der Waals surface area contributed by atoms with Crippen molar-refractivity contribution < 1.29 is 17.9 Å². The Bertz CT molecular complexity index is 1130. The molecule has 3 aromatic rings. The van der Waals surface area contributed by atoms with Crippen LogP contribution >= 0.6 is 0 Å². The number of morpholine rings is 1. The van der Waals surface area contributed by atoms with Crippen LogP contribution in [0.2, 0.25) is 0 Å². The van der Waals surface area contributed by atoms with Crippen LogP contribution in [0.4, 0.5) is 24.9 Å². The zero-order valence-corrected chi connectivity index (χ0v) is 18.1. The number of aromatic nitrogens is 4. The number of ether oxygens (including phenoxy) is 1. The number of halogens is 3. The van der Waals surface area contributed by atoms with Crippen molar-refractivity contribution in [2.75, 3.05) is 49.2 Å². The highest BCUT2D eigenvalue weighted by Gasteiger charge is 2.36. The third-order valence-electron chi connectivity index (χ3n) is 6.25. The van der Waals surface area contributed by atoms with Crippen molar-refractivity contribution in [3.05, 3.63) is 30.1 Å². The Kier molecular flexibility index (Phi) is 5.83. The fraction of sp³-hybridized carbons (Fsp3) is 0.500. The third-order valence-corrected chi connectivity index (χ3v) is 6.25. The number of hydrogen-bond acceptors (Lipinski definition) is 7. The van der Waals surface area contributed by atoms with E-state index < -0.39 is 11.7 Å². The summed E-state index contributed by atoms with van der Waals surface area (Å²) in [6.07, 6.45) is 0.323. The maximum absolute atomic E-state index is 13.9. The van der Waals surface area contributed by atoms with Crippen molar-refractivity contribution in [1.82, 2.24) is 19.9 Å². The summed E-state index contributed by atoms with van der Waals surface area (Å²) in [7, 11) is 0. The van der Waals surface area contributed by atoms with Crippen molar-refractivity contribution in [1.29, 1.82) is 0 Å². The molecule has 33 heavy (non-hydrogen) atoms. The van der Waals surface area contributed by atoms with Gasteiger partial charge in [-0.05, 0) is 31.4 Å². The first kappa shape index (κ1) is 21.9. The van der Waals surface area contributed by atoms with E-state index in [0.29, 0.717) is 48.8 Å². The fourth-order valence-electron chi connectivity index (χ4n) is 4.42. The predicted molar refractivity (Wildman–Crippen MR) is 119 cm³/mol. The van der Waals surface area contributed by atoms with E-state index in [0.717, 1.165) is 44.4 Å². The van der Waals surface area contributed by atoms with Gasteiger partial charge in [0.1, 0.15) is 17.0 Å². The predicted octanol–water partition coefficient (Wildman–Crippen LogP) is 3.19. The lowest BCUT2D eigenvalue weighted by molar-refractivity contribution is -0.137. The second-order valence-corrected chi connectivity index (χ2v) is 8.48. The zero-order valence-electron chi connectivity index (χ0n) is 18.1. The van der Waals surface area contributed by atoms with Crippen molar-refractivity contribution in [2.45, 2.75) is 31.5 Å². The molecule has 0 aromatic carbocycles. The Labute approximate surface area is 189 Å². The van der Waals surface area contributed by atoms with E-state index in [1.54, 1.807) is 12.3 Å². The van der Waals surface area contributed by atoms with Gasteiger partial charge >= 0.3 is 6.18 Å². The van der Waals surface area contributed by atoms with Crippen LogP contribution in [0.5, 0.6) is 0 Å². The summed E-state index contributed by atoms with van der Waals surface area (Å²) in [5.74, 6) is 1.05. The Hall–Kier alpha value is -2.92. The smallest absolute Gasteiger partial charge is 0.378 e. The quantitative estimate of drug-likeness (QED) is 0.618. The second kappa shape index (κ2) is 8.79. The van der Waals surface area contributed by atoms with Crippen LogP contribution in [0, 0.1) is 0 Å². The first-order chi connectivity index (χ1) is 15.9. The Morgan fingerprint density at radius 1 is 1.03 bits per heavy atom. The highest BCUT2D eigenvalue weighted by molar-refractivity contribution is 5.94. The summed E-state index contributed by atoms with van der Waals surface area (Å²) in [6.45, 7) is 3.96. The van der Waals surface area contributed by atoms with Crippen molar-refractivity contribution in [3.8, 4) is 11.3 Å². The van der Waals surface area contributed by atoms with Gasteiger partial charge in [-0.3, -0.25) is 0 Å². The van der Waals surface area contributed by atoms with Gasteiger partial charge in [-0.25, -0.2) is 15.0 Å². The lowest BCUT2D eigenvalue weighted by atomic mass is 10.1. The molecule has 0 amide bonds. The van der Waals surface area contributed by atoms with Crippen LogP contribution in [-0.2, 0) is 10.9 Å². The lowest BCUT2D eigenvalue weighted by Gasteiger charge is -2.27. The number of alkyl halides is 3. The largest absolute Gasteiger partial charge is 0.419 e. The minimum absolute atomic E-state index is 0.0873. The van der Waals surface area contributed by atoms with E-state index in [1.807, 2.05) is 11.0 Å². The summed E-state index contributed by atoms with van der Waals surface area (Å²) in [6, 6.07) is 3.71. The van der Waals surface area contributed by atoms with Crippen LogP contribution in [0.3, 0.4) is 0 Å². The molecular weight excluding hydrogens is 435 g/mol. The molecule has 2 aliphatic heterocycles. The molecule has 2 fully saturated rings. The maximum Gasteiger partial charge on any atom is 0.419 e. The van der Waals surface area contributed by atoms with Crippen molar-refractivity contribution in [2.24, 2.45) is 5.73 Å². The number of hydrogen-bond donors (Lipinski definition) is 2. The van der Waals surface area contributed by atoms with Crippen molar-refractivity contribution in [3.63, 3.8) is 0 Å². The van der Waals surface area contributed by atoms with Gasteiger partial charge in [-0.15, -0.1) is 0 Å². The maximum atomic E-state index is 13.9. The molecule has 5 heterocycles. The normalized spacial score (nSPS) is 20.3. The number of H-pyrrole nitrogens is 1. The first-order valence-electron chi connectivity index (χ1n) is 11.2. The van der Waals surface area contributed by atoms with Gasteiger partial charge < -0.3 is 25.3 Å². The van der Waals surface area contributed by atoms with Crippen LogP contribution < -0.4 is 15.5 Å². The molecule has 5 rings (SSSR count). The molecule has 0 spiro atoms. The molecule has 0 saturated carbocycles. The minimum atomic E-state index is -4.58. The number of nitrogens with zero attached hydrogens (tertiary/aromatic N) is 5. The molecule has 0 bridgehead atoms.